The van der Waals surface area contributed by atoms with Crippen molar-refractivity contribution in [1.29, 1.82) is 0 Å². The number of ether oxygens (including phenoxy) is 1. The number of rotatable bonds is 3. The maximum absolute atomic E-state index is 6.22. The molecule has 3 rings (SSSR count). The Bertz CT molecular complexity index is 557. The molecule has 0 saturated heterocycles. The SMILES string of the molecule is Clc1cc(OCc2ccccn2)nc2c1CCC2. The number of pyridine rings is 2. The minimum absolute atomic E-state index is 0.420. The molecule has 0 aliphatic heterocycles. The normalized spacial score (nSPS) is 13.4. The van der Waals surface area contributed by atoms with Crippen molar-refractivity contribution in [1.82, 2.24) is 9.97 Å². The number of halogens is 1. The quantitative estimate of drug-likeness (QED) is 0.850. The molecule has 2 aromatic rings. The minimum Gasteiger partial charge on any atom is -0.471 e. The highest BCUT2D eigenvalue weighted by atomic mass is 35.5. The largest absolute Gasteiger partial charge is 0.471 e. The van der Waals surface area contributed by atoms with E-state index in [2.05, 4.69) is 9.97 Å². The topological polar surface area (TPSA) is 35.0 Å². The molecule has 1 aliphatic carbocycles. The lowest BCUT2D eigenvalue weighted by Crippen LogP contribution is -2.01. The standard InChI is InChI=1S/C14H13ClN2O/c15-12-8-14(17-13-6-3-5-11(12)13)18-9-10-4-1-2-7-16-10/h1-2,4,7-8H,3,5-6,9H2. The fraction of sp³-hybridized carbons (Fsp3) is 0.286. The highest BCUT2D eigenvalue weighted by Crippen LogP contribution is 2.30. The molecular weight excluding hydrogens is 248 g/mol. The third-order valence-electron chi connectivity index (χ3n) is 3.07. The Morgan fingerprint density at radius 3 is 3.06 bits per heavy atom. The molecule has 0 atom stereocenters. The maximum atomic E-state index is 6.22. The molecule has 0 N–H and O–H groups in total. The van der Waals surface area contributed by atoms with Gasteiger partial charge in [0.25, 0.3) is 0 Å². The van der Waals surface area contributed by atoms with Crippen molar-refractivity contribution in [3.8, 4) is 5.88 Å². The average Bonchev–Trinajstić information content (AvgIpc) is 2.86. The van der Waals surface area contributed by atoms with E-state index in [1.807, 2.05) is 18.2 Å². The van der Waals surface area contributed by atoms with Crippen molar-refractivity contribution in [3.05, 3.63) is 52.4 Å². The van der Waals surface area contributed by atoms with Crippen LogP contribution < -0.4 is 4.74 Å². The summed E-state index contributed by atoms with van der Waals surface area (Å²) in [4.78, 5) is 8.70. The Balaban J connectivity index is 1.76. The number of nitrogens with zero attached hydrogens (tertiary/aromatic N) is 2. The highest BCUT2D eigenvalue weighted by Gasteiger charge is 2.17. The third-order valence-corrected chi connectivity index (χ3v) is 3.40. The summed E-state index contributed by atoms with van der Waals surface area (Å²) in [6.07, 6.45) is 4.91. The Labute approximate surface area is 111 Å². The molecule has 0 unspecified atom stereocenters. The Kier molecular flexibility index (Phi) is 3.15. The lowest BCUT2D eigenvalue weighted by atomic mass is 10.2. The lowest BCUT2D eigenvalue weighted by Gasteiger charge is -2.08. The van der Waals surface area contributed by atoms with Crippen LogP contribution in [0.1, 0.15) is 23.4 Å². The van der Waals surface area contributed by atoms with Gasteiger partial charge in [0.1, 0.15) is 6.61 Å². The first-order valence-electron chi connectivity index (χ1n) is 6.04. The van der Waals surface area contributed by atoms with E-state index in [-0.39, 0.29) is 0 Å². The number of hydrogen-bond acceptors (Lipinski definition) is 3. The zero-order chi connectivity index (χ0) is 12.4. The first-order valence-corrected chi connectivity index (χ1v) is 6.42. The summed E-state index contributed by atoms with van der Waals surface area (Å²) in [6, 6.07) is 7.55. The van der Waals surface area contributed by atoms with Crippen LogP contribution in [-0.4, -0.2) is 9.97 Å². The van der Waals surface area contributed by atoms with Crippen molar-refractivity contribution < 1.29 is 4.74 Å². The summed E-state index contributed by atoms with van der Waals surface area (Å²) in [6.45, 7) is 0.420. The summed E-state index contributed by atoms with van der Waals surface area (Å²) in [5.41, 5.74) is 3.15. The van der Waals surface area contributed by atoms with Gasteiger partial charge in [-0.25, -0.2) is 4.98 Å². The highest BCUT2D eigenvalue weighted by molar-refractivity contribution is 6.31. The Morgan fingerprint density at radius 2 is 2.22 bits per heavy atom. The van der Waals surface area contributed by atoms with Gasteiger partial charge in [-0.3, -0.25) is 4.98 Å². The number of hydrogen-bond donors (Lipinski definition) is 0. The molecular formula is C14H13ClN2O. The second kappa shape index (κ2) is 4.94. The van der Waals surface area contributed by atoms with Crippen LogP contribution in [0.4, 0.5) is 0 Å². The Hall–Kier alpha value is -1.61. The van der Waals surface area contributed by atoms with E-state index in [1.54, 1.807) is 12.3 Å². The predicted molar refractivity (Wildman–Crippen MR) is 69.8 cm³/mol. The van der Waals surface area contributed by atoms with Gasteiger partial charge in [0.05, 0.1) is 10.7 Å². The van der Waals surface area contributed by atoms with Gasteiger partial charge in [0, 0.05) is 18.0 Å². The molecule has 0 spiro atoms. The molecule has 18 heavy (non-hydrogen) atoms. The predicted octanol–water partition coefficient (Wildman–Crippen LogP) is 3.20. The molecule has 0 aromatic carbocycles. The van der Waals surface area contributed by atoms with Crippen LogP contribution in [0, 0.1) is 0 Å². The molecule has 0 radical (unpaired) electrons. The van der Waals surface area contributed by atoms with E-state index in [0.29, 0.717) is 12.5 Å². The summed E-state index contributed by atoms with van der Waals surface area (Å²) in [5.74, 6) is 0.589. The second-order valence-corrected chi connectivity index (χ2v) is 4.74. The lowest BCUT2D eigenvalue weighted by molar-refractivity contribution is 0.288. The van der Waals surface area contributed by atoms with Gasteiger partial charge < -0.3 is 4.74 Å². The second-order valence-electron chi connectivity index (χ2n) is 4.33. The molecule has 3 nitrogen and oxygen atoms in total. The summed E-state index contributed by atoms with van der Waals surface area (Å²) >= 11 is 6.22. The van der Waals surface area contributed by atoms with Crippen molar-refractivity contribution in [2.24, 2.45) is 0 Å². The summed E-state index contributed by atoms with van der Waals surface area (Å²) in [7, 11) is 0. The van der Waals surface area contributed by atoms with Gasteiger partial charge in [0.2, 0.25) is 5.88 Å². The first-order chi connectivity index (χ1) is 8.83. The van der Waals surface area contributed by atoms with Gasteiger partial charge in [0.15, 0.2) is 0 Å². The first kappa shape index (κ1) is 11.5. The molecule has 0 fully saturated rings. The number of aromatic nitrogens is 2. The van der Waals surface area contributed by atoms with Crippen LogP contribution in [0.5, 0.6) is 5.88 Å². The van der Waals surface area contributed by atoms with Crippen LogP contribution in [0.2, 0.25) is 5.02 Å². The van der Waals surface area contributed by atoms with Crippen molar-refractivity contribution in [2.45, 2.75) is 25.9 Å². The molecule has 0 bridgehead atoms. The molecule has 0 amide bonds. The fourth-order valence-corrected chi connectivity index (χ4v) is 2.47. The molecule has 92 valence electrons. The van der Waals surface area contributed by atoms with E-state index < -0.39 is 0 Å². The van der Waals surface area contributed by atoms with Crippen LogP contribution >= 0.6 is 11.6 Å². The monoisotopic (exact) mass is 260 g/mol. The van der Waals surface area contributed by atoms with Crippen LogP contribution in [0.25, 0.3) is 0 Å². The fourth-order valence-electron chi connectivity index (χ4n) is 2.17. The van der Waals surface area contributed by atoms with Crippen LogP contribution in [-0.2, 0) is 19.4 Å². The van der Waals surface area contributed by atoms with Gasteiger partial charge in [-0.15, -0.1) is 0 Å². The summed E-state index contributed by atoms with van der Waals surface area (Å²) < 4.78 is 5.64. The van der Waals surface area contributed by atoms with Gasteiger partial charge in [-0.05, 0) is 37.0 Å². The molecule has 4 heteroatoms. The van der Waals surface area contributed by atoms with Gasteiger partial charge in [-0.1, -0.05) is 17.7 Å². The van der Waals surface area contributed by atoms with Crippen molar-refractivity contribution in [3.63, 3.8) is 0 Å². The zero-order valence-electron chi connectivity index (χ0n) is 9.90. The van der Waals surface area contributed by atoms with E-state index in [1.165, 1.54) is 5.56 Å². The van der Waals surface area contributed by atoms with Gasteiger partial charge >= 0.3 is 0 Å². The van der Waals surface area contributed by atoms with E-state index in [9.17, 15) is 0 Å². The van der Waals surface area contributed by atoms with Crippen molar-refractivity contribution in [2.75, 3.05) is 0 Å². The number of fused-ring (bicyclic) bond motifs is 1. The van der Waals surface area contributed by atoms with E-state index >= 15 is 0 Å². The average molecular weight is 261 g/mol. The molecule has 2 heterocycles. The molecule has 0 saturated carbocycles. The van der Waals surface area contributed by atoms with Crippen LogP contribution in [0.15, 0.2) is 30.5 Å². The van der Waals surface area contributed by atoms with E-state index in [4.69, 9.17) is 16.3 Å². The van der Waals surface area contributed by atoms with Gasteiger partial charge in [-0.2, -0.15) is 0 Å². The van der Waals surface area contributed by atoms with Crippen LogP contribution in [0.3, 0.4) is 0 Å². The third kappa shape index (κ3) is 2.31. The molecule has 1 aliphatic rings. The Morgan fingerprint density at radius 1 is 1.28 bits per heavy atom. The summed E-state index contributed by atoms with van der Waals surface area (Å²) in [5, 5.41) is 0.772. The minimum atomic E-state index is 0.420. The smallest absolute Gasteiger partial charge is 0.215 e. The zero-order valence-corrected chi connectivity index (χ0v) is 10.7. The maximum Gasteiger partial charge on any atom is 0.215 e. The van der Waals surface area contributed by atoms with Crippen molar-refractivity contribution >= 4 is 11.6 Å². The number of aryl methyl sites for hydroxylation is 1. The molecule has 2 aromatic heterocycles. The van der Waals surface area contributed by atoms with E-state index in [0.717, 1.165) is 35.7 Å².